The van der Waals surface area contributed by atoms with E-state index in [0.717, 1.165) is 11.3 Å². The van der Waals surface area contributed by atoms with Crippen LogP contribution in [0.1, 0.15) is 31.6 Å². The van der Waals surface area contributed by atoms with E-state index in [0.29, 0.717) is 17.1 Å². The number of urea groups is 1. The van der Waals surface area contributed by atoms with Crippen molar-refractivity contribution in [1.29, 1.82) is 0 Å². The summed E-state index contributed by atoms with van der Waals surface area (Å²) in [5, 5.41) is 2.19. The number of nitrogens with one attached hydrogen (secondary N) is 1. The number of furan rings is 1. The van der Waals surface area contributed by atoms with E-state index in [1.807, 2.05) is 19.9 Å². The minimum Gasteiger partial charge on any atom is -0.490 e. The van der Waals surface area contributed by atoms with Crippen LogP contribution in [0.15, 0.2) is 52.7 Å². The lowest BCUT2D eigenvalue weighted by atomic mass is 10.1. The van der Waals surface area contributed by atoms with E-state index in [1.165, 1.54) is 12.3 Å². The third kappa shape index (κ3) is 4.08. The van der Waals surface area contributed by atoms with Gasteiger partial charge in [-0.15, -0.1) is 0 Å². The standard InChI is InChI=1S/C20H20N2O5/c1-3-13(2)27-17-9-5-4-7-14(17)11-16-18(23)21-20(25)22(19(16)24)12-15-8-6-10-26-15/h4-11,13H,3,12H2,1-2H3,(H,21,23,25)/b16-11+/t13-/m0/s1. The number of para-hydroxylation sites is 1. The molecule has 2 aromatic rings. The number of hydrogen-bond donors (Lipinski definition) is 1. The minimum absolute atomic E-state index is 0.0162. The van der Waals surface area contributed by atoms with Crippen LogP contribution in [0.5, 0.6) is 5.75 Å². The van der Waals surface area contributed by atoms with Crippen LogP contribution in [0.25, 0.3) is 6.08 Å². The van der Waals surface area contributed by atoms with Gasteiger partial charge in [0, 0.05) is 5.56 Å². The molecule has 0 unspecified atom stereocenters. The highest BCUT2D eigenvalue weighted by Crippen LogP contribution is 2.25. The van der Waals surface area contributed by atoms with E-state index in [9.17, 15) is 14.4 Å². The smallest absolute Gasteiger partial charge is 0.331 e. The predicted octanol–water partition coefficient (Wildman–Crippen LogP) is 3.12. The van der Waals surface area contributed by atoms with Crippen molar-refractivity contribution in [2.45, 2.75) is 32.9 Å². The largest absolute Gasteiger partial charge is 0.490 e. The van der Waals surface area contributed by atoms with Gasteiger partial charge in [-0.25, -0.2) is 4.79 Å². The Morgan fingerprint density at radius 2 is 1.96 bits per heavy atom. The summed E-state index contributed by atoms with van der Waals surface area (Å²) in [5.74, 6) is -0.417. The fourth-order valence-corrected chi connectivity index (χ4v) is 2.56. The Morgan fingerprint density at radius 1 is 1.19 bits per heavy atom. The van der Waals surface area contributed by atoms with Gasteiger partial charge in [-0.3, -0.25) is 19.8 Å². The summed E-state index contributed by atoms with van der Waals surface area (Å²) in [7, 11) is 0. The number of barbiturate groups is 1. The van der Waals surface area contributed by atoms with Gasteiger partial charge in [0.05, 0.1) is 18.9 Å². The lowest BCUT2D eigenvalue weighted by molar-refractivity contribution is -0.130. The number of rotatable bonds is 6. The highest BCUT2D eigenvalue weighted by Gasteiger charge is 2.36. The first-order valence-corrected chi connectivity index (χ1v) is 8.66. The molecular weight excluding hydrogens is 348 g/mol. The fraction of sp³-hybridized carbons (Fsp3) is 0.250. The van der Waals surface area contributed by atoms with Gasteiger partial charge < -0.3 is 9.15 Å². The van der Waals surface area contributed by atoms with Crippen LogP contribution in [0.3, 0.4) is 0 Å². The zero-order chi connectivity index (χ0) is 19.4. The van der Waals surface area contributed by atoms with Crippen LogP contribution < -0.4 is 10.1 Å². The van der Waals surface area contributed by atoms with Gasteiger partial charge in [0.1, 0.15) is 17.1 Å². The van der Waals surface area contributed by atoms with Crippen molar-refractivity contribution in [2.24, 2.45) is 0 Å². The van der Waals surface area contributed by atoms with Crippen LogP contribution in [0, 0.1) is 0 Å². The fourth-order valence-electron chi connectivity index (χ4n) is 2.56. The van der Waals surface area contributed by atoms with Crippen molar-refractivity contribution in [1.82, 2.24) is 10.2 Å². The summed E-state index contributed by atoms with van der Waals surface area (Å²) in [6.45, 7) is 3.88. The average molecular weight is 368 g/mol. The first-order chi connectivity index (χ1) is 13.0. The minimum atomic E-state index is -0.775. The topological polar surface area (TPSA) is 88.8 Å². The molecule has 1 N–H and O–H groups in total. The second kappa shape index (κ2) is 7.90. The molecule has 0 saturated carbocycles. The second-order valence-corrected chi connectivity index (χ2v) is 6.16. The molecule has 7 nitrogen and oxygen atoms in total. The maximum absolute atomic E-state index is 12.8. The van der Waals surface area contributed by atoms with Gasteiger partial charge in [0.15, 0.2) is 0 Å². The lowest BCUT2D eigenvalue weighted by Crippen LogP contribution is -2.53. The number of ether oxygens (including phenoxy) is 1. The highest BCUT2D eigenvalue weighted by atomic mass is 16.5. The quantitative estimate of drug-likeness (QED) is 0.625. The van der Waals surface area contributed by atoms with Crippen molar-refractivity contribution >= 4 is 23.9 Å². The molecule has 1 atom stereocenters. The summed E-state index contributed by atoms with van der Waals surface area (Å²) in [4.78, 5) is 38.0. The molecule has 2 heterocycles. The molecule has 4 amide bonds. The number of imide groups is 2. The van der Waals surface area contributed by atoms with E-state index in [-0.39, 0.29) is 18.2 Å². The van der Waals surface area contributed by atoms with Crippen LogP contribution in [0.4, 0.5) is 4.79 Å². The Bertz CT molecular complexity index is 886. The second-order valence-electron chi connectivity index (χ2n) is 6.16. The number of carbonyl (C=O) groups excluding carboxylic acids is 3. The molecule has 1 aromatic heterocycles. The Labute approximate surface area is 156 Å². The van der Waals surface area contributed by atoms with E-state index < -0.39 is 17.8 Å². The molecule has 1 fully saturated rings. The van der Waals surface area contributed by atoms with Gasteiger partial charge in [-0.1, -0.05) is 25.1 Å². The SMILES string of the molecule is CC[C@H](C)Oc1ccccc1/C=C1\C(=O)NC(=O)N(Cc2ccco2)C1=O. The van der Waals surface area contributed by atoms with Crippen LogP contribution in [-0.4, -0.2) is 28.8 Å². The summed E-state index contributed by atoms with van der Waals surface area (Å²) >= 11 is 0. The van der Waals surface area contributed by atoms with E-state index in [2.05, 4.69) is 5.32 Å². The number of hydrogen-bond acceptors (Lipinski definition) is 5. The normalized spacial score (nSPS) is 17.2. The summed E-state index contributed by atoms with van der Waals surface area (Å²) < 4.78 is 11.0. The summed E-state index contributed by atoms with van der Waals surface area (Å²) in [6, 6.07) is 9.65. The van der Waals surface area contributed by atoms with Crippen LogP contribution in [0.2, 0.25) is 0 Å². The zero-order valence-corrected chi connectivity index (χ0v) is 15.1. The third-order valence-corrected chi connectivity index (χ3v) is 4.20. The van der Waals surface area contributed by atoms with E-state index in [4.69, 9.17) is 9.15 Å². The van der Waals surface area contributed by atoms with E-state index in [1.54, 1.807) is 30.3 Å². The van der Waals surface area contributed by atoms with Crippen molar-refractivity contribution in [3.8, 4) is 5.75 Å². The van der Waals surface area contributed by atoms with Crippen molar-refractivity contribution < 1.29 is 23.5 Å². The molecule has 0 bridgehead atoms. The number of nitrogens with zero attached hydrogens (tertiary/aromatic N) is 1. The maximum Gasteiger partial charge on any atom is 0.331 e. The molecule has 0 spiro atoms. The van der Waals surface area contributed by atoms with Crippen LogP contribution in [-0.2, 0) is 16.1 Å². The molecule has 140 valence electrons. The maximum atomic E-state index is 12.8. The van der Waals surface area contributed by atoms with Gasteiger partial charge >= 0.3 is 6.03 Å². The Balaban J connectivity index is 1.91. The Kier molecular flexibility index (Phi) is 5.40. The molecule has 1 saturated heterocycles. The Morgan fingerprint density at radius 3 is 2.67 bits per heavy atom. The third-order valence-electron chi connectivity index (χ3n) is 4.20. The van der Waals surface area contributed by atoms with Gasteiger partial charge in [0.2, 0.25) is 0 Å². The highest BCUT2D eigenvalue weighted by molar-refractivity contribution is 6.31. The first kappa shape index (κ1) is 18.4. The van der Waals surface area contributed by atoms with Crippen molar-refractivity contribution in [3.63, 3.8) is 0 Å². The van der Waals surface area contributed by atoms with Crippen molar-refractivity contribution in [3.05, 3.63) is 59.6 Å². The zero-order valence-electron chi connectivity index (χ0n) is 15.1. The molecule has 27 heavy (non-hydrogen) atoms. The number of benzene rings is 1. The summed E-state index contributed by atoms with van der Waals surface area (Å²) in [5.41, 5.74) is 0.449. The monoisotopic (exact) mass is 368 g/mol. The van der Waals surface area contributed by atoms with Crippen molar-refractivity contribution in [2.75, 3.05) is 0 Å². The number of carbonyl (C=O) groups is 3. The molecule has 1 aliphatic heterocycles. The van der Waals surface area contributed by atoms with Gasteiger partial charge in [-0.2, -0.15) is 0 Å². The van der Waals surface area contributed by atoms with Crippen LogP contribution >= 0.6 is 0 Å². The molecule has 1 aromatic carbocycles. The van der Waals surface area contributed by atoms with Gasteiger partial charge in [0.25, 0.3) is 11.8 Å². The number of amides is 4. The first-order valence-electron chi connectivity index (χ1n) is 8.66. The average Bonchev–Trinajstić information content (AvgIpc) is 3.16. The summed E-state index contributed by atoms with van der Waals surface area (Å²) in [6.07, 6.45) is 3.69. The lowest BCUT2D eigenvalue weighted by Gasteiger charge is -2.25. The molecule has 7 heteroatoms. The Hall–Kier alpha value is -3.35. The molecule has 0 radical (unpaired) electrons. The molecule has 0 aliphatic carbocycles. The van der Waals surface area contributed by atoms with Gasteiger partial charge in [-0.05, 0) is 37.6 Å². The predicted molar refractivity (Wildman–Crippen MR) is 97.6 cm³/mol. The molecular formula is C20H20N2O5. The molecule has 3 rings (SSSR count). The van der Waals surface area contributed by atoms with E-state index >= 15 is 0 Å². The molecule has 1 aliphatic rings.